The van der Waals surface area contributed by atoms with E-state index in [-0.39, 0.29) is 19.8 Å². The van der Waals surface area contributed by atoms with Crippen molar-refractivity contribution < 1.29 is 29.0 Å². The van der Waals surface area contributed by atoms with Gasteiger partial charge in [-0.15, -0.1) is 20.3 Å². The van der Waals surface area contributed by atoms with Crippen molar-refractivity contribution in [3.05, 3.63) is 123 Å². The minimum atomic E-state index is -0.864. The minimum Gasteiger partial charge on any atom is -0.465 e. The fraction of sp³-hybridized carbons (Fsp3) is 0.176. The van der Waals surface area contributed by atoms with Crippen LogP contribution in [0.25, 0.3) is 33.5 Å². The molecule has 0 radical (unpaired) electrons. The number of tetrazole rings is 1. The van der Waals surface area contributed by atoms with E-state index in [1.54, 1.807) is 42.5 Å². The highest BCUT2D eigenvalue weighted by atomic mass is 16.9. The molecule has 0 saturated carbocycles. The van der Waals surface area contributed by atoms with Crippen LogP contribution in [0.3, 0.4) is 0 Å². The van der Waals surface area contributed by atoms with Crippen molar-refractivity contribution in [1.29, 1.82) is 0 Å². The predicted molar refractivity (Wildman–Crippen MR) is 175 cm³/mol. The molecule has 0 aliphatic carbocycles. The molecule has 0 atom stereocenters. The zero-order chi connectivity index (χ0) is 34.2. The number of H-pyrrole nitrogens is 1. The Labute approximate surface area is 278 Å². The number of nitrogens with one attached hydrogen (secondary N) is 2. The lowest BCUT2D eigenvalue weighted by molar-refractivity contribution is -0.763. The molecule has 49 heavy (non-hydrogen) atoms. The molecule has 6 aromatic rings. The number of hydrogen-bond acceptors (Lipinski definition) is 11. The molecule has 0 aliphatic rings. The Balaban J connectivity index is 1.15. The van der Waals surface area contributed by atoms with Gasteiger partial charge in [-0.2, -0.15) is 10.2 Å². The second-order valence-corrected chi connectivity index (χ2v) is 10.7. The van der Waals surface area contributed by atoms with E-state index in [4.69, 9.17) is 9.47 Å². The molecule has 2 aromatic heterocycles. The Kier molecular flexibility index (Phi) is 9.79. The Bertz CT molecular complexity index is 2080. The SMILES string of the molecule is CCOc1nc2cccc(C(=O)NCC(=O)OCc3ccc(CO[N+](=O)[O-])cc3)c2n1Cc1ccc(-c2ccccc2-c2nn[nH]n2)cc1. The number of esters is 1. The molecule has 15 nitrogen and oxygen atoms in total. The lowest BCUT2D eigenvalue weighted by Gasteiger charge is -2.13. The normalized spacial score (nSPS) is 10.9. The number of aromatic amines is 1. The van der Waals surface area contributed by atoms with Crippen LogP contribution in [0.4, 0.5) is 0 Å². The van der Waals surface area contributed by atoms with Gasteiger partial charge in [0.2, 0.25) is 5.82 Å². The summed E-state index contributed by atoms with van der Waals surface area (Å²) in [6.45, 7) is 2.02. The van der Waals surface area contributed by atoms with Crippen LogP contribution in [0.5, 0.6) is 6.01 Å². The van der Waals surface area contributed by atoms with Gasteiger partial charge < -0.3 is 19.6 Å². The van der Waals surface area contributed by atoms with Crippen molar-refractivity contribution in [2.75, 3.05) is 13.2 Å². The number of ether oxygens (including phenoxy) is 2. The molecule has 0 saturated heterocycles. The van der Waals surface area contributed by atoms with Gasteiger partial charge in [0.05, 0.1) is 29.7 Å². The third kappa shape index (κ3) is 7.68. The van der Waals surface area contributed by atoms with Crippen LogP contribution in [0, 0.1) is 10.1 Å². The first-order valence-corrected chi connectivity index (χ1v) is 15.2. The highest BCUT2D eigenvalue weighted by Crippen LogP contribution is 2.31. The molecular formula is C34H30N8O7. The van der Waals surface area contributed by atoms with Gasteiger partial charge in [0.15, 0.2) is 0 Å². The first kappa shape index (κ1) is 32.3. The number of benzene rings is 4. The smallest absolute Gasteiger partial charge is 0.325 e. The number of amides is 1. The number of carbonyl (C=O) groups excluding carboxylic acids is 2. The van der Waals surface area contributed by atoms with E-state index >= 15 is 0 Å². The van der Waals surface area contributed by atoms with Crippen LogP contribution in [0.2, 0.25) is 0 Å². The standard InChI is InChI=1S/C34H30N8O7/c1-2-47-34-36-29-9-5-8-28(33(44)35-18-30(43)48-20-23-10-12-24(13-11-23)21-49-42(45)46)31(29)41(34)19-22-14-16-25(17-15-22)26-6-3-4-7-27(26)32-37-39-40-38-32/h3-17H,2,18-21H2,1H3,(H,35,44)(H,37,38,39,40). The Morgan fingerprint density at radius 2 is 1.61 bits per heavy atom. The maximum absolute atomic E-state index is 13.4. The highest BCUT2D eigenvalue weighted by molar-refractivity contribution is 6.06. The topological polar surface area (TPSA) is 189 Å². The van der Waals surface area contributed by atoms with Gasteiger partial charge in [-0.3, -0.25) is 14.2 Å². The fourth-order valence-corrected chi connectivity index (χ4v) is 5.23. The summed E-state index contributed by atoms with van der Waals surface area (Å²) in [7, 11) is 0. The zero-order valence-corrected chi connectivity index (χ0v) is 26.2. The van der Waals surface area contributed by atoms with Crippen molar-refractivity contribution in [1.82, 2.24) is 35.5 Å². The fourth-order valence-electron chi connectivity index (χ4n) is 5.23. The maximum Gasteiger partial charge on any atom is 0.325 e. The van der Waals surface area contributed by atoms with E-state index in [1.807, 2.05) is 60.0 Å². The molecule has 2 N–H and O–H groups in total. The summed E-state index contributed by atoms with van der Waals surface area (Å²) >= 11 is 0. The molecule has 0 fully saturated rings. The lowest BCUT2D eigenvalue weighted by Crippen LogP contribution is -2.31. The first-order chi connectivity index (χ1) is 23.9. The molecule has 0 spiro atoms. The van der Waals surface area contributed by atoms with E-state index in [0.29, 0.717) is 52.7 Å². The molecule has 2 heterocycles. The average molecular weight is 663 g/mol. The van der Waals surface area contributed by atoms with Crippen molar-refractivity contribution >= 4 is 22.9 Å². The van der Waals surface area contributed by atoms with Gasteiger partial charge >= 0.3 is 5.97 Å². The Hall–Kier alpha value is -6.64. The van der Waals surface area contributed by atoms with Gasteiger partial charge in [-0.25, -0.2) is 0 Å². The highest BCUT2D eigenvalue weighted by Gasteiger charge is 2.20. The summed E-state index contributed by atoms with van der Waals surface area (Å²) in [5.41, 5.74) is 6.43. The Morgan fingerprint density at radius 1 is 0.898 bits per heavy atom. The summed E-state index contributed by atoms with van der Waals surface area (Å²) in [4.78, 5) is 45.3. The number of imidazole rings is 1. The monoisotopic (exact) mass is 662 g/mol. The van der Waals surface area contributed by atoms with E-state index in [2.05, 4.69) is 35.8 Å². The zero-order valence-electron chi connectivity index (χ0n) is 26.2. The van der Waals surface area contributed by atoms with Gasteiger partial charge in [-0.05, 0) is 52.1 Å². The van der Waals surface area contributed by atoms with E-state index in [1.165, 1.54) is 0 Å². The number of hydrogen-bond donors (Lipinski definition) is 2. The van der Waals surface area contributed by atoms with Crippen molar-refractivity contribution in [3.63, 3.8) is 0 Å². The number of para-hydroxylation sites is 1. The van der Waals surface area contributed by atoms with Gasteiger partial charge in [-0.1, -0.05) is 78.9 Å². The average Bonchev–Trinajstić information content (AvgIpc) is 3.78. The molecule has 15 heteroatoms. The van der Waals surface area contributed by atoms with Gasteiger partial charge in [0.1, 0.15) is 19.8 Å². The Morgan fingerprint density at radius 3 is 2.31 bits per heavy atom. The van der Waals surface area contributed by atoms with Crippen LogP contribution < -0.4 is 10.1 Å². The third-order valence-electron chi connectivity index (χ3n) is 7.52. The van der Waals surface area contributed by atoms with Crippen molar-refractivity contribution in [2.24, 2.45) is 0 Å². The van der Waals surface area contributed by atoms with Crippen molar-refractivity contribution in [3.8, 4) is 28.5 Å². The summed E-state index contributed by atoms with van der Waals surface area (Å²) in [6.07, 6.45) is 0. The molecule has 0 aliphatic heterocycles. The molecule has 1 amide bonds. The molecule has 4 aromatic carbocycles. The summed E-state index contributed by atoms with van der Waals surface area (Å²) in [6, 6.07) is 28.0. The predicted octanol–water partition coefficient (Wildman–Crippen LogP) is 4.51. The molecular weight excluding hydrogens is 632 g/mol. The molecule has 248 valence electrons. The summed E-state index contributed by atoms with van der Waals surface area (Å²) in [5.74, 6) is -0.610. The maximum atomic E-state index is 13.4. The van der Waals surface area contributed by atoms with E-state index < -0.39 is 17.0 Å². The van der Waals surface area contributed by atoms with Crippen LogP contribution in [0.15, 0.2) is 91.0 Å². The van der Waals surface area contributed by atoms with E-state index in [0.717, 1.165) is 22.3 Å². The van der Waals surface area contributed by atoms with Gasteiger partial charge in [0.25, 0.3) is 17.0 Å². The summed E-state index contributed by atoms with van der Waals surface area (Å²) in [5, 5.41) is 26.6. The number of rotatable bonds is 14. The molecule has 0 bridgehead atoms. The van der Waals surface area contributed by atoms with Crippen LogP contribution >= 0.6 is 0 Å². The first-order valence-electron chi connectivity index (χ1n) is 15.2. The number of carbonyl (C=O) groups is 2. The quantitative estimate of drug-likeness (QED) is 0.0948. The molecule has 0 unspecified atom stereocenters. The van der Waals surface area contributed by atoms with Crippen LogP contribution in [-0.2, 0) is 34.1 Å². The second-order valence-electron chi connectivity index (χ2n) is 10.7. The summed E-state index contributed by atoms with van der Waals surface area (Å²) < 4.78 is 13.0. The lowest BCUT2D eigenvalue weighted by atomic mass is 9.98. The molecule has 6 rings (SSSR count). The van der Waals surface area contributed by atoms with Crippen LogP contribution in [-0.4, -0.2) is 60.3 Å². The van der Waals surface area contributed by atoms with E-state index in [9.17, 15) is 19.7 Å². The third-order valence-corrected chi connectivity index (χ3v) is 7.52. The second kappa shape index (κ2) is 14.8. The van der Waals surface area contributed by atoms with Crippen LogP contribution in [0.1, 0.15) is 34.0 Å². The number of fused-ring (bicyclic) bond motifs is 1. The van der Waals surface area contributed by atoms with Gasteiger partial charge in [0, 0.05) is 5.56 Å². The number of aromatic nitrogens is 6. The largest absolute Gasteiger partial charge is 0.465 e. The minimum absolute atomic E-state index is 0.0351. The number of nitrogens with zero attached hydrogens (tertiary/aromatic N) is 6. The van der Waals surface area contributed by atoms with Crippen molar-refractivity contribution in [2.45, 2.75) is 26.7 Å².